The summed E-state index contributed by atoms with van der Waals surface area (Å²) < 4.78 is 48.1. The smallest absolute Gasteiger partial charge is 0.325 e. The molecule has 0 aliphatic carbocycles. The second-order valence-electron chi connectivity index (χ2n) is 7.08. The van der Waals surface area contributed by atoms with Gasteiger partial charge < -0.3 is 5.32 Å². The molecule has 0 aromatic heterocycles. The third kappa shape index (κ3) is 4.83. The number of nitrogens with one attached hydrogen (secondary N) is 1. The minimum atomic E-state index is -4.67. The summed E-state index contributed by atoms with van der Waals surface area (Å²) in [6.07, 6.45) is 1.68. The quantitative estimate of drug-likeness (QED) is 0.723. The molecule has 158 valence electrons. The molecule has 1 aliphatic heterocycles. The van der Waals surface area contributed by atoms with Crippen molar-refractivity contribution < 1.29 is 22.0 Å². The number of nitrogens with zero attached hydrogens (tertiary/aromatic N) is 2. The molecule has 1 heterocycles. The molecule has 0 spiro atoms. The highest BCUT2D eigenvalue weighted by Gasteiger charge is 2.33. The van der Waals surface area contributed by atoms with Crippen LogP contribution in [0.2, 0.25) is 0 Å². The Morgan fingerprint density at radius 2 is 1.83 bits per heavy atom. The number of alkyl halides is 2. The molecule has 1 N–H and O–H groups in total. The van der Waals surface area contributed by atoms with Crippen molar-refractivity contribution in [2.75, 3.05) is 18.4 Å². The number of halogens is 2. The first-order valence-electron chi connectivity index (χ1n) is 9.43. The van der Waals surface area contributed by atoms with E-state index in [1.807, 2.05) is 35.2 Å². The lowest BCUT2D eigenvalue weighted by Crippen LogP contribution is -2.39. The zero-order valence-electron chi connectivity index (χ0n) is 16.0. The summed E-state index contributed by atoms with van der Waals surface area (Å²) in [5.41, 5.74) is 1.22. The second kappa shape index (κ2) is 9.32. The van der Waals surface area contributed by atoms with E-state index in [9.17, 15) is 27.3 Å². The van der Waals surface area contributed by atoms with Gasteiger partial charge >= 0.3 is 5.76 Å². The van der Waals surface area contributed by atoms with Gasteiger partial charge in [0.1, 0.15) is 0 Å². The Morgan fingerprint density at radius 1 is 1.17 bits per heavy atom. The Labute approximate surface area is 174 Å². The largest absolute Gasteiger partial charge is 0.341 e. The highest BCUT2D eigenvalue weighted by molar-refractivity contribution is 7.91. The Balaban J connectivity index is 1.65. The van der Waals surface area contributed by atoms with Crippen molar-refractivity contribution in [1.29, 1.82) is 5.26 Å². The summed E-state index contributed by atoms with van der Waals surface area (Å²) >= 11 is 0. The number of rotatable bonds is 7. The zero-order chi connectivity index (χ0) is 21.7. The van der Waals surface area contributed by atoms with Gasteiger partial charge in [0, 0.05) is 11.7 Å². The van der Waals surface area contributed by atoms with Gasteiger partial charge in [-0.2, -0.15) is 14.0 Å². The Bertz CT molecular complexity index is 1020. The van der Waals surface area contributed by atoms with Crippen LogP contribution in [0.5, 0.6) is 0 Å². The summed E-state index contributed by atoms with van der Waals surface area (Å²) in [5, 5.41) is 12.3. The number of benzene rings is 2. The normalized spacial score (nSPS) is 18.1. The van der Waals surface area contributed by atoms with E-state index in [4.69, 9.17) is 0 Å². The van der Waals surface area contributed by atoms with E-state index in [1.54, 1.807) is 0 Å². The maximum atomic E-state index is 12.6. The van der Waals surface area contributed by atoms with Gasteiger partial charge in [-0.25, -0.2) is 8.42 Å². The number of hydrogen-bond donors (Lipinski definition) is 1. The molecule has 30 heavy (non-hydrogen) atoms. The Kier molecular flexibility index (Phi) is 6.80. The van der Waals surface area contributed by atoms with Crippen molar-refractivity contribution in [2.24, 2.45) is 0 Å². The van der Waals surface area contributed by atoms with Gasteiger partial charge in [-0.1, -0.05) is 30.3 Å². The number of anilines is 1. The minimum absolute atomic E-state index is 0.0762. The standard InChI is InChI=1S/C21H21F2N3O3S/c22-21(23)30(28,29)17-10-8-16(9-11-17)25-20(27)14-26-12-4-7-19(26)18(13-24)15-5-2-1-3-6-15/h1-3,5-6,8-11,18-19,21H,4,7,12,14H2,(H,25,27)/t18-,19-/m1/s1. The zero-order valence-corrected chi connectivity index (χ0v) is 16.9. The number of carbonyl (C=O) groups is 1. The topological polar surface area (TPSA) is 90.3 Å². The van der Waals surface area contributed by atoms with Crippen LogP contribution in [0.4, 0.5) is 14.5 Å². The fourth-order valence-corrected chi connectivity index (χ4v) is 4.41. The number of amides is 1. The molecular weight excluding hydrogens is 412 g/mol. The molecule has 3 rings (SSSR count). The molecule has 2 aromatic carbocycles. The maximum Gasteiger partial charge on any atom is 0.341 e. The fourth-order valence-electron chi connectivity index (χ4n) is 3.68. The first-order valence-corrected chi connectivity index (χ1v) is 11.0. The van der Waals surface area contributed by atoms with Crippen LogP contribution in [0.3, 0.4) is 0 Å². The average Bonchev–Trinajstić information content (AvgIpc) is 3.17. The predicted molar refractivity (Wildman–Crippen MR) is 108 cm³/mol. The molecule has 0 bridgehead atoms. The molecule has 0 unspecified atom stereocenters. The first kappa shape index (κ1) is 21.9. The third-order valence-electron chi connectivity index (χ3n) is 5.14. The Hall–Kier alpha value is -2.83. The van der Waals surface area contributed by atoms with Crippen LogP contribution < -0.4 is 5.32 Å². The van der Waals surface area contributed by atoms with Crippen molar-refractivity contribution in [2.45, 2.75) is 35.5 Å². The summed E-state index contributed by atoms with van der Waals surface area (Å²) in [5.74, 6) is -4.17. The van der Waals surface area contributed by atoms with Crippen LogP contribution in [0.15, 0.2) is 59.5 Å². The van der Waals surface area contributed by atoms with Crippen molar-refractivity contribution in [3.63, 3.8) is 0 Å². The molecule has 9 heteroatoms. The molecule has 6 nitrogen and oxygen atoms in total. The highest BCUT2D eigenvalue weighted by Crippen LogP contribution is 2.30. The van der Waals surface area contributed by atoms with Crippen LogP contribution in [0, 0.1) is 11.3 Å². The third-order valence-corrected chi connectivity index (χ3v) is 6.54. The van der Waals surface area contributed by atoms with E-state index in [0.717, 1.165) is 30.5 Å². The van der Waals surface area contributed by atoms with E-state index in [2.05, 4.69) is 11.4 Å². The van der Waals surface area contributed by atoms with Crippen molar-refractivity contribution in [3.05, 3.63) is 60.2 Å². The van der Waals surface area contributed by atoms with Crippen LogP contribution in [-0.2, 0) is 14.6 Å². The highest BCUT2D eigenvalue weighted by atomic mass is 32.2. The molecule has 2 aromatic rings. The SMILES string of the molecule is N#C[C@H](c1ccccc1)[C@H]1CCCN1CC(=O)Nc1ccc(S(=O)(=O)C(F)F)cc1. The van der Waals surface area contributed by atoms with Crippen LogP contribution in [0.1, 0.15) is 24.3 Å². The van der Waals surface area contributed by atoms with Crippen molar-refractivity contribution in [3.8, 4) is 6.07 Å². The molecule has 0 saturated carbocycles. The molecule has 1 aliphatic rings. The number of sulfone groups is 1. The van der Waals surface area contributed by atoms with Gasteiger partial charge in [-0.3, -0.25) is 9.69 Å². The van der Waals surface area contributed by atoms with Crippen LogP contribution in [-0.4, -0.2) is 44.1 Å². The average molecular weight is 433 g/mol. The van der Waals surface area contributed by atoms with Gasteiger partial charge in [-0.15, -0.1) is 0 Å². The first-order chi connectivity index (χ1) is 14.3. The molecule has 0 radical (unpaired) electrons. The summed E-state index contributed by atoms with van der Waals surface area (Å²) in [6, 6.07) is 16.3. The minimum Gasteiger partial charge on any atom is -0.325 e. The number of carbonyl (C=O) groups excluding carboxylic acids is 1. The maximum absolute atomic E-state index is 12.6. The molecule has 1 fully saturated rings. The van der Waals surface area contributed by atoms with E-state index in [-0.39, 0.29) is 24.4 Å². The van der Waals surface area contributed by atoms with Gasteiger partial charge in [0.15, 0.2) is 0 Å². The predicted octanol–water partition coefficient (Wildman–Crippen LogP) is 3.39. The van der Waals surface area contributed by atoms with E-state index >= 15 is 0 Å². The molecule has 1 amide bonds. The summed E-state index contributed by atoms with van der Waals surface area (Å²) in [4.78, 5) is 13.9. The lowest BCUT2D eigenvalue weighted by Gasteiger charge is -2.27. The molecular formula is C21H21F2N3O3S. The monoisotopic (exact) mass is 433 g/mol. The second-order valence-corrected chi connectivity index (χ2v) is 8.99. The molecule has 1 saturated heterocycles. The number of likely N-dealkylation sites (tertiary alicyclic amines) is 1. The van der Waals surface area contributed by atoms with Crippen molar-refractivity contribution >= 4 is 21.4 Å². The van der Waals surface area contributed by atoms with Gasteiger partial charge in [-0.05, 0) is 49.2 Å². The number of hydrogen-bond acceptors (Lipinski definition) is 5. The lowest BCUT2D eigenvalue weighted by atomic mass is 9.91. The van der Waals surface area contributed by atoms with E-state index in [1.165, 1.54) is 12.1 Å². The molecule has 2 atom stereocenters. The van der Waals surface area contributed by atoms with Crippen LogP contribution in [0.25, 0.3) is 0 Å². The lowest BCUT2D eigenvalue weighted by molar-refractivity contribution is -0.117. The van der Waals surface area contributed by atoms with Crippen LogP contribution >= 0.6 is 0 Å². The Morgan fingerprint density at radius 3 is 2.43 bits per heavy atom. The van der Waals surface area contributed by atoms with E-state index < -0.39 is 20.5 Å². The fraction of sp³-hybridized carbons (Fsp3) is 0.333. The van der Waals surface area contributed by atoms with Gasteiger partial charge in [0.2, 0.25) is 15.7 Å². The summed E-state index contributed by atoms with van der Waals surface area (Å²) in [7, 11) is -4.67. The summed E-state index contributed by atoms with van der Waals surface area (Å²) in [6.45, 7) is 0.765. The number of nitriles is 1. The van der Waals surface area contributed by atoms with Crippen molar-refractivity contribution in [1.82, 2.24) is 4.90 Å². The van der Waals surface area contributed by atoms with E-state index in [0.29, 0.717) is 12.2 Å². The van der Waals surface area contributed by atoms with Gasteiger partial charge in [0.05, 0.1) is 23.4 Å². The van der Waals surface area contributed by atoms with Gasteiger partial charge in [0.25, 0.3) is 0 Å².